The number of rotatable bonds is 2. The molecule has 0 bridgehead atoms. The smallest absolute Gasteiger partial charge is 0.199 e. The van der Waals surface area contributed by atoms with Crippen LogP contribution in [0.5, 0.6) is 0 Å². The van der Waals surface area contributed by atoms with Gasteiger partial charge in [0.1, 0.15) is 0 Å². The van der Waals surface area contributed by atoms with Crippen molar-refractivity contribution in [3.8, 4) is 0 Å². The second-order valence-corrected chi connectivity index (χ2v) is 8.96. The second kappa shape index (κ2) is 17.7. The first kappa shape index (κ1) is 31.4. The molecular formula is C35H42Ti. The molecule has 0 nitrogen and oxygen atoms in total. The average Bonchev–Trinajstić information content (AvgIpc) is 3.17. The molecule has 0 fully saturated rings. The van der Waals surface area contributed by atoms with Crippen LogP contribution in [-0.4, -0.2) is 0 Å². The summed E-state index contributed by atoms with van der Waals surface area (Å²) in [7, 11) is 0. The molecular weight excluding hydrogens is 468 g/mol. The van der Waals surface area contributed by atoms with E-state index in [0.29, 0.717) is 0 Å². The van der Waals surface area contributed by atoms with E-state index in [4.69, 9.17) is 0 Å². The van der Waals surface area contributed by atoms with Gasteiger partial charge in [0, 0.05) is 0 Å². The monoisotopic (exact) mass is 510 g/mol. The zero-order valence-electron chi connectivity index (χ0n) is 22.5. The van der Waals surface area contributed by atoms with Gasteiger partial charge >= 0.3 is 21.7 Å². The molecule has 0 amide bonds. The Morgan fingerprint density at radius 3 is 1.44 bits per heavy atom. The summed E-state index contributed by atoms with van der Waals surface area (Å²) in [6.45, 7) is 18.1. The zero-order chi connectivity index (χ0) is 25.5. The van der Waals surface area contributed by atoms with Crippen LogP contribution in [0.15, 0.2) is 113 Å². The third-order valence-corrected chi connectivity index (χ3v) is 6.39. The van der Waals surface area contributed by atoms with Gasteiger partial charge in [0.25, 0.3) is 0 Å². The largest absolute Gasteiger partial charge is 4.00 e. The molecule has 5 rings (SSSR count). The Balaban J connectivity index is 0.000000253. The Labute approximate surface area is 236 Å². The average molecular weight is 511 g/mol. The Bertz CT molecular complexity index is 941. The van der Waals surface area contributed by atoms with Crippen molar-refractivity contribution in [1.29, 1.82) is 0 Å². The van der Waals surface area contributed by atoms with Gasteiger partial charge in [-0.3, -0.25) is 0 Å². The SMILES string of the molecule is CCC1=C(C)C2=C(CCC[CH-]2)C1CC.[CH2-]c1ccccc1.[CH2-]c1ccccc1.[CH2-]c1ccccc1.[Ti+4]. The van der Waals surface area contributed by atoms with Gasteiger partial charge in [-0.05, 0) is 6.42 Å². The summed E-state index contributed by atoms with van der Waals surface area (Å²) in [4.78, 5) is 0. The first-order valence-electron chi connectivity index (χ1n) is 12.8. The maximum Gasteiger partial charge on any atom is 4.00 e. The summed E-state index contributed by atoms with van der Waals surface area (Å²) in [5.74, 6) is 0.798. The van der Waals surface area contributed by atoms with Gasteiger partial charge < -0.3 is 0 Å². The summed E-state index contributed by atoms with van der Waals surface area (Å²) in [6.07, 6.45) is 9.03. The standard InChI is InChI=1S/C14H21.3C7H7.Ti/c1-4-11-10(3)13-8-6-7-9-14(13)12(11)5-2;3*1-7-5-3-2-4-6-7;/h8,12H,4-7,9H2,1-3H3;3*2-6H,1H2;/q4*-1;+4. The summed E-state index contributed by atoms with van der Waals surface area (Å²) in [6, 6.07) is 29.6. The Kier molecular flexibility index (Phi) is 15.4. The van der Waals surface area contributed by atoms with E-state index in [1.165, 1.54) is 32.1 Å². The van der Waals surface area contributed by atoms with E-state index in [0.717, 1.165) is 22.6 Å². The van der Waals surface area contributed by atoms with Crippen LogP contribution in [-0.2, 0) is 21.7 Å². The van der Waals surface area contributed by atoms with Crippen molar-refractivity contribution in [1.82, 2.24) is 0 Å². The number of hydrogen-bond acceptors (Lipinski definition) is 0. The van der Waals surface area contributed by atoms with Crippen molar-refractivity contribution >= 4 is 0 Å². The molecule has 0 aliphatic heterocycles. The van der Waals surface area contributed by atoms with Crippen molar-refractivity contribution in [2.45, 2.75) is 52.9 Å². The summed E-state index contributed by atoms with van der Waals surface area (Å²) >= 11 is 0. The van der Waals surface area contributed by atoms with Crippen LogP contribution >= 0.6 is 0 Å². The molecule has 36 heavy (non-hydrogen) atoms. The minimum Gasteiger partial charge on any atom is -0.199 e. The van der Waals surface area contributed by atoms with Crippen molar-refractivity contribution < 1.29 is 21.7 Å². The van der Waals surface area contributed by atoms with Crippen molar-refractivity contribution in [3.05, 3.63) is 157 Å². The van der Waals surface area contributed by atoms with Gasteiger partial charge in [0.2, 0.25) is 0 Å². The van der Waals surface area contributed by atoms with Gasteiger partial charge in [-0.2, -0.15) is 97.0 Å². The molecule has 0 heterocycles. The maximum atomic E-state index is 3.72. The van der Waals surface area contributed by atoms with E-state index >= 15 is 0 Å². The number of hydrogen-bond donors (Lipinski definition) is 0. The molecule has 1 unspecified atom stereocenters. The van der Waals surface area contributed by atoms with E-state index < -0.39 is 0 Å². The van der Waals surface area contributed by atoms with Crippen LogP contribution in [0.3, 0.4) is 0 Å². The van der Waals surface area contributed by atoms with E-state index in [9.17, 15) is 0 Å². The zero-order valence-corrected chi connectivity index (χ0v) is 24.0. The van der Waals surface area contributed by atoms with Crippen LogP contribution in [0, 0.1) is 33.1 Å². The number of benzene rings is 3. The van der Waals surface area contributed by atoms with E-state index in [1.807, 2.05) is 91.0 Å². The van der Waals surface area contributed by atoms with Gasteiger partial charge in [0.15, 0.2) is 0 Å². The van der Waals surface area contributed by atoms with Crippen molar-refractivity contribution in [2.24, 2.45) is 5.92 Å². The molecule has 2 aliphatic carbocycles. The Morgan fingerprint density at radius 2 is 1.14 bits per heavy atom. The van der Waals surface area contributed by atoms with Crippen molar-refractivity contribution in [2.75, 3.05) is 0 Å². The molecule has 0 spiro atoms. The van der Waals surface area contributed by atoms with E-state index in [1.54, 1.807) is 22.3 Å². The molecule has 0 saturated heterocycles. The molecule has 0 saturated carbocycles. The molecule has 0 radical (unpaired) electrons. The van der Waals surface area contributed by atoms with Gasteiger partial charge in [-0.15, -0.1) is 42.0 Å². The third-order valence-electron chi connectivity index (χ3n) is 6.39. The van der Waals surface area contributed by atoms with Crippen LogP contribution in [0.4, 0.5) is 0 Å². The fourth-order valence-corrected chi connectivity index (χ4v) is 4.64. The minimum absolute atomic E-state index is 0. The van der Waals surface area contributed by atoms with Gasteiger partial charge in [-0.1, -0.05) is 70.6 Å². The topological polar surface area (TPSA) is 0 Å². The number of allylic oxidation sites excluding steroid dienone is 4. The first-order valence-corrected chi connectivity index (χ1v) is 12.8. The van der Waals surface area contributed by atoms with Crippen LogP contribution in [0.25, 0.3) is 0 Å². The predicted octanol–water partition coefficient (Wildman–Crippen LogP) is 10.0. The fraction of sp³-hybridized carbons (Fsp3) is 0.257. The molecule has 0 aromatic heterocycles. The Morgan fingerprint density at radius 1 is 0.722 bits per heavy atom. The Hall–Kier alpha value is -2.67. The first-order chi connectivity index (χ1) is 17.0. The molecule has 0 N–H and O–H groups in total. The van der Waals surface area contributed by atoms with E-state index in [-0.39, 0.29) is 21.7 Å². The summed E-state index contributed by atoms with van der Waals surface area (Å²) in [5, 5.41) is 0. The molecule has 3 aromatic rings. The summed E-state index contributed by atoms with van der Waals surface area (Å²) in [5.41, 5.74) is 9.92. The minimum atomic E-state index is 0. The predicted molar refractivity (Wildman–Crippen MR) is 155 cm³/mol. The van der Waals surface area contributed by atoms with Crippen LogP contribution < -0.4 is 0 Å². The fourth-order valence-electron chi connectivity index (χ4n) is 4.64. The quantitative estimate of drug-likeness (QED) is 0.238. The van der Waals surface area contributed by atoms with Gasteiger partial charge in [0.05, 0.1) is 0 Å². The molecule has 1 atom stereocenters. The maximum absolute atomic E-state index is 3.72. The molecule has 186 valence electrons. The van der Waals surface area contributed by atoms with Crippen molar-refractivity contribution in [3.63, 3.8) is 0 Å². The molecule has 2 aliphatic rings. The second-order valence-electron chi connectivity index (χ2n) is 8.96. The molecule has 3 aromatic carbocycles. The molecule has 1 heteroatoms. The normalized spacial score (nSPS) is 15.4. The van der Waals surface area contributed by atoms with Crippen LogP contribution in [0.1, 0.15) is 69.6 Å². The van der Waals surface area contributed by atoms with E-state index in [2.05, 4.69) is 48.0 Å². The van der Waals surface area contributed by atoms with Crippen LogP contribution in [0.2, 0.25) is 0 Å². The third kappa shape index (κ3) is 10.5. The van der Waals surface area contributed by atoms with Gasteiger partial charge in [-0.25, -0.2) is 0 Å². The summed E-state index contributed by atoms with van der Waals surface area (Å²) < 4.78 is 0.